The molecule has 0 amide bonds. The Hall–Kier alpha value is -2.28. The van der Waals surface area contributed by atoms with Crippen molar-refractivity contribution in [1.29, 1.82) is 0 Å². The van der Waals surface area contributed by atoms with Gasteiger partial charge in [-0.2, -0.15) is 10.1 Å². The number of hydrogen-bond donors (Lipinski definition) is 2. The maximum Gasteiger partial charge on any atom is 0.244 e. The molecule has 1 aromatic heterocycles. The van der Waals surface area contributed by atoms with Crippen LogP contribution in [0.3, 0.4) is 0 Å². The van der Waals surface area contributed by atoms with Gasteiger partial charge in [-0.05, 0) is 37.1 Å². The minimum atomic E-state index is -0.278. The van der Waals surface area contributed by atoms with E-state index in [2.05, 4.69) is 25.8 Å². The first-order valence-electron chi connectivity index (χ1n) is 6.87. The van der Waals surface area contributed by atoms with Crippen molar-refractivity contribution in [2.45, 2.75) is 18.9 Å². The van der Waals surface area contributed by atoms with Gasteiger partial charge in [-0.3, -0.25) is 0 Å². The Morgan fingerprint density at radius 1 is 1.29 bits per heavy atom. The minimum absolute atomic E-state index is 0.210. The van der Waals surface area contributed by atoms with Gasteiger partial charge in [0.2, 0.25) is 5.95 Å². The van der Waals surface area contributed by atoms with E-state index in [0.29, 0.717) is 18.3 Å². The quantitative estimate of drug-likeness (QED) is 0.880. The summed E-state index contributed by atoms with van der Waals surface area (Å²) in [5, 5.41) is 14.0. The summed E-state index contributed by atoms with van der Waals surface area (Å²) in [7, 11) is 0. The molecule has 7 heteroatoms. The second-order valence-electron chi connectivity index (χ2n) is 4.81. The predicted molar refractivity (Wildman–Crippen MR) is 77.0 cm³/mol. The van der Waals surface area contributed by atoms with Crippen LogP contribution in [0.2, 0.25) is 0 Å². The average Bonchev–Trinajstić information content (AvgIpc) is 3.01. The zero-order chi connectivity index (χ0) is 14.5. The number of nitrogens with one attached hydrogen (secondary N) is 2. The Morgan fingerprint density at radius 3 is 2.90 bits per heavy atom. The fourth-order valence-corrected chi connectivity index (χ4v) is 2.13. The van der Waals surface area contributed by atoms with Gasteiger partial charge in [0.15, 0.2) is 5.82 Å². The molecule has 1 aliphatic heterocycles. The SMILES string of the molecule is Fc1ccc(Nc2cnnc(NCC3CCCO3)n2)cc1. The van der Waals surface area contributed by atoms with E-state index in [9.17, 15) is 4.39 Å². The van der Waals surface area contributed by atoms with Crippen LogP contribution in [0, 0.1) is 5.82 Å². The van der Waals surface area contributed by atoms with Gasteiger partial charge in [0.05, 0.1) is 12.3 Å². The van der Waals surface area contributed by atoms with Crippen molar-refractivity contribution in [2.24, 2.45) is 0 Å². The lowest BCUT2D eigenvalue weighted by Gasteiger charge is -2.11. The Morgan fingerprint density at radius 2 is 2.14 bits per heavy atom. The lowest BCUT2D eigenvalue weighted by Crippen LogP contribution is -2.20. The van der Waals surface area contributed by atoms with Crippen molar-refractivity contribution in [3.05, 3.63) is 36.3 Å². The molecule has 1 atom stereocenters. The van der Waals surface area contributed by atoms with Gasteiger partial charge in [0, 0.05) is 18.8 Å². The number of hydrogen-bond acceptors (Lipinski definition) is 6. The first-order valence-corrected chi connectivity index (χ1v) is 6.87. The minimum Gasteiger partial charge on any atom is -0.376 e. The molecular formula is C14H16FN5O. The van der Waals surface area contributed by atoms with Crippen LogP contribution in [-0.4, -0.2) is 34.4 Å². The zero-order valence-electron chi connectivity index (χ0n) is 11.4. The normalized spacial score (nSPS) is 17.7. The molecule has 21 heavy (non-hydrogen) atoms. The summed E-state index contributed by atoms with van der Waals surface area (Å²) in [6.07, 6.45) is 3.87. The Labute approximate surface area is 121 Å². The molecule has 1 aromatic carbocycles. The van der Waals surface area contributed by atoms with E-state index in [0.717, 1.165) is 25.1 Å². The zero-order valence-corrected chi connectivity index (χ0v) is 11.4. The topological polar surface area (TPSA) is 72.0 Å². The highest BCUT2D eigenvalue weighted by Crippen LogP contribution is 2.15. The Balaban J connectivity index is 1.60. The molecule has 0 radical (unpaired) electrons. The number of aromatic nitrogens is 3. The van der Waals surface area contributed by atoms with Gasteiger partial charge in [0.25, 0.3) is 0 Å². The first-order chi connectivity index (χ1) is 10.3. The van der Waals surface area contributed by atoms with Crippen LogP contribution in [0.25, 0.3) is 0 Å². The van der Waals surface area contributed by atoms with E-state index < -0.39 is 0 Å². The highest BCUT2D eigenvalue weighted by atomic mass is 19.1. The number of benzene rings is 1. The molecule has 0 aliphatic carbocycles. The lowest BCUT2D eigenvalue weighted by atomic mass is 10.2. The van der Waals surface area contributed by atoms with E-state index in [1.807, 2.05) is 0 Å². The molecule has 2 N–H and O–H groups in total. The molecule has 1 aliphatic rings. The van der Waals surface area contributed by atoms with E-state index in [1.54, 1.807) is 12.1 Å². The van der Waals surface area contributed by atoms with Crippen LogP contribution in [0.4, 0.5) is 21.8 Å². The Bertz CT molecular complexity index is 586. The van der Waals surface area contributed by atoms with Crippen molar-refractivity contribution in [3.8, 4) is 0 Å². The molecule has 3 rings (SSSR count). The summed E-state index contributed by atoms with van der Waals surface area (Å²) in [5.74, 6) is 0.712. The average molecular weight is 289 g/mol. The molecule has 0 spiro atoms. The van der Waals surface area contributed by atoms with E-state index in [1.165, 1.54) is 18.3 Å². The number of anilines is 3. The van der Waals surface area contributed by atoms with E-state index in [-0.39, 0.29) is 11.9 Å². The van der Waals surface area contributed by atoms with E-state index in [4.69, 9.17) is 4.74 Å². The van der Waals surface area contributed by atoms with Crippen LogP contribution in [-0.2, 0) is 4.74 Å². The monoisotopic (exact) mass is 289 g/mol. The van der Waals surface area contributed by atoms with Gasteiger partial charge in [-0.15, -0.1) is 5.10 Å². The highest BCUT2D eigenvalue weighted by molar-refractivity contribution is 5.55. The van der Waals surface area contributed by atoms with Gasteiger partial charge in [-0.1, -0.05) is 0 Å². The third-order valence-corrected chi connectivity index (χ3v) is 3.19. The summed E-state index contributed by atoms with van der Waals surface area (Å²) < 4.78 is 18.4. The molecule has 110 valence electrons. The number of rotatable bonds is 5. The maximum atomic E-state index is 12.9. The molecule has 2 heterocycles. The van der Waals surface area contributed by atoms with Gasteiger partial charge < -0.3 is 15.4 Å². The van der Waals surface area contributed by atoms with Gasteiger partial charge >= 0.3 is 0 Å². The largest absolute Gasteiger partial charge is 0.376 e. The second-order valence-corrected chi connectivity index (χ2v) is 4.81. The standard InChI is InChI=1S/C14H16FN5O/c15-10-3-5-11(6-4-10)18-13-9-17-20-14(19-13)16-8-12-2-1-7-21-12/h3-6,9,12H,1-2,7-8H2,(H2,16,18,19,20). The molecular weight excluding hydrogens is 273 g/mol. The van der Waals surface area contributed by atoms with Gasteiger partial charge in [0.1, 0.15) is 5.82 Å². The van der Waals surface area contributed by atoms with Crippen molar-refractivity contribution in [1.82, 2.24) is 15.2 Å². The molecule has 6 nitrogen and oxygen atoms in total. The second kappa shape index (κ2) is 6.45. The van der Waals surface area contributed by atoms with Crippen LogP contribution < -0.4 is 10.6 Å². The Kier molecular flexibility index (Phi) is 4.20. The van der Waals surface area contributed by atoms with Crippen LogP contribution in [0.15, 0.2) is 30.5 Å². The number of halogens is 1. The fraction of sp³-hybridized carbons (Fsp3) is 0.357. The first kappa shape index (κ1) is 13.7. The van der Waals surface area contributed by atoms with Crippen molar-refractivity contribution in [2.75, 3.05) is 23.8 Å². The van der Waals surface area contributed by atoms with Gasteiger partial charge in [-0.25, -0.2) is 4.39 Å². The lowest BCUT2D eigenvalue weighted by molar-refractivity contribution is 0.120. The highest BCUT2D eigenvalue weighted by Gasteiger charge is 2.15. The number of nitrogens with zero attached hydrogens (tertiary/aromatic N) is 3. The van der Waals surface area contributed by atoms with Crippen LogP contribution in [0.5, 0.6) is 0 Å². The smallest absolute Gasteiger partial charge is 0.244 e. The molecule has 1 fully saturated rings. The molecule has 1 unspecified atom stereocenters. The van der Waals surface area contributed by atoms with Crippen molar-refractivity contribution in [3.63, 3.8) is 0 Å². The predicted octanol–water partition coefficient (Wildman–Crippen LogP) is 2.35. The number of ether oxygens (including phenoxy) is 1. The fourth-order valence-electron chi connectivity index (χ4n) is 2.13. The van der Waals surface area contributed by atoms with Crippen molar-refractivity contribution >= 4 is 17.5 Å². The summed E-state index contributed by atoms with van der Waals surface area (Å²) in [4.78, 5) is 4.31. The van der Waals surface area contributed by atoms with Crippen LogP contribution in [0.1, 0.15) is 12.8 Å². The summed E-state index contributed by atoms with van der Waals surface area (Å²) >= 11 is 0. The maximum absolute atomic E-state index is 12.9. The summed E-state index contributed by atoms with van der Waals surface area (Å²) in [6, 6.07) is 6.04. The van der Waals surface area contributed by atoms with Crippen molar-refractivity contribution < 1.29 is 9.13 Å². The molecule has 0 saturated carbocycles. The molecule has 0 bridgehead atoms. The molecule has 1 saturated heterocycles. The summed E-state index contributed by atoms with van der Waals surface area (Å²) in [5.41, 5.74) is 0.738. The van der Waals surface area contributed by atoms with Crippen LogP contribution >= 0.6 is 0 Å². The summed E-state index contributed by atoms with van der Waals surface area (Å²) in [6.45, 7) is 1.49. The molecule has 2 aromatic rings. The van der Waals surface area contributed by atoms with E-state index >= 15 is 0 Å². The third kappa shape index (κ3) is 3.85. The third-order valence-electron chi connectivity index (χ3n) is 3.19.